The van der Waals surface area contributed by atoms with Crippen LogP contribution in [-0.2, 0) is 35.7 Å². The van der Waals surface area contributed by atoms with Crippen molar-refractivity contribution in [1.29, 1.82) is 0 Å². The van der Waals surface area contributed by atoms with E-state index in [4.69, 9.17) is 9.47 Å². The predicted molar refractivity (Wildman–Crippen MR) is 119 cm³/mol. The number of aliphatic carboxylic acids is 2. The molecule has 1 saturated heterocycles. The number of carbonyl (C=O) groups is 4. The number of phenolic OH excluding ortho intramolecular Hbond substituents is 1. The average Bonchev–Trinajstić information content (AvgIpc) is 3.25. The minimum atomic E-state index is -2.20. The van der Waals surface area contributed by atoms with Crippen LogP contribution in [0.1, 0.15) is 11.5 Å². The number of ether oxygens (including phenoxy) is 2. The Morgan fingerprint density at radius 2 is 1.92 bits per heavy atom. The van der Waals surface area contributed by atoms with E-state index in [1.54, 1.807) is 7.05 Å². The van der Waals surface area contributed by atoms with E-state index < -0.39 is 47.3 Å². The van der Waals surface area contributed by atoms with E-state index in [0.717, 1.165) is 23.8 Å². The fourth-order valence-corrected chi connectivity index (χ4v) is 4.70. The Morgan fingerprint density at radius 1 is 1.28 bits per heavy atom. The van der Waals surface area contributed by atoms with E-state index in [1.165, 1.54) is 28.9 Å². The van der Waals surface area contributed by atoms with Crippen molar-refractivity contribution in [3.8, 4) is 5.75 Å². The molecule has 2 aromatic rings. The molecule has 192 valence electrons. The van der Waals surface area contributed by atoms with Crippen LogP contribution in [0.2, 0.25) is 0 Å². The molecule has 2 aliphatic rings. The van der Waals surface area contributed by atoms with E-state index in [9.17, 15) is 34.5 Å². The number of thioether (sulfide) groups is 1. The van der Waals surface area contributed by atoms with E-state index in [-0.39, 0.29) is 118 Å². The number of nitrogens with one attached hydrogen (secondary N) is 1. The first kappa shape index (κ1) is 36.0. The van der Waals surface area contributed by atoms with Gasteiger partial charge in [0.05, 0.1) is 24.2 Å². The van der Waals surface area contributed by atoms with Gasteiger partial charge >= 0.3 is 88.7 Å². The molecule has 2 aliphatic heterocycles. The molecule has 0 radical (unpaired) electrons. The molecular weight excluding hydrogens is 569 g/mol. The molecule has 1 aromatic heterocycles. The number of amides is 2. The van der Waals surface area contributed by atoms with Crippen molar-refractivity contribution in [1.82, 2.24) is 30.4 Å². The first-order chi connectivity index (χ1) is 17.1. The predicted octanol–water partition coefficient (Wildman–Crippen LogP) is -10.4. The van der Waals surface area contributed by atoms with Gasteiger partial charge in [0.1, 0.15) is 11.7 Å². The van der Waals surface area contributed by atoms with Gasteiger partial charge in [0, 0.05) is 19.9 Å². The van der Waals surface area contributed by atoms with Gasteiger partial charge in [-0.2, -0.15) is 0 Å². The van der Waals surface area contributed by atoms with E-state index in [2.05, 4.69) is 20.8 Å². The number of carboxylic acid groups (broad SMARTS) is 2. The Bertz CT molecular complexity index is 1280. The molecule has 3 atom stereocenters. The Labute approximate surface area is 291 Å². The molecule has 2 amide bonds. The topological polar surface area (TPSA) is 212 Å². The molecule has 39 heavy (non-hydrogen) atoms. The summed E-state index contributed by atoms with van der Waals surface area (Å²) >= 11 is 1.10. The zero-order valence-corrected chi connectivity index (χ0v) is 25.6. The van der Waals surface area contributed by atoms with Gasteiger partial charge in [0.15, 0.2) is 6.23 Å². The van der Waals surface area contributed by atoms with Crippen molar-refractivity contribution in [3.63, 3.8) is 0 Å². The van der Waals surface area contributed by atoms with Crippen LogP contribution in [0, 0.1) is 0 Å². The molecule has 15 nitrogen and oxygen atoms in total. The second-order valence-electron chi connectivity index (χ2n) is 7.72. The number of hydrogen-bond donors (Lipinski definition) is 2. The number of benzene rings is 1. The standard InChI is InChI=1S/C20H20N6O9S.3Na.H/c1-25-19(22-23-24-25)36-8-10-7-35-18-20(34-2,17(33)26(18)13(10)16(31)32)21-14(28)12(15(29)30)9-3-5-11(27)6-4-9;;;;/h3-6,12,18,27H,7-8H2,1-2H3,(H,21,28)(H,29,30)(H,31,32);;;;/q;;2*+1;/p-2/t12?,18-,20+;;;;/m1..../s1. The molecule has 1 aromatic carbocycles. The summed E-state index contributed by atoms with van der Waals surface area (Å²) in [5.41, 5.74) is -2.50. The van der Waals surface area contributed by atoms with Crippen LogP contribution in [0.15, 0.2) is 40.7 Å². The molecule has 0 spiro atoms. The van der Waals surface area contributed by atoms with E-state index in [0.29, 0.717) is 5.16 Å². The number of methoxy groups -OCH3 is 1. The second kappa shape index (κ2) is 14.7. The maximum atomic E-state index is 13.1. The normalized spacial score (nSPS) is 20.3. The van der Waals surface area contributed by atoms with Crippen LogP contribution in [0.3, 0.4) is 0 Å². The fraction of sp³-hybridized carbons (Fsp3) is 0.350. The fourth-order valence-electron chi connectivity index (χ4n) is 3.85. The SMILES string of the molecule is CO[C@@]1(NC(=O)C(C(=O)[O-])c2ccc(O)cc2)C(=O)N2C(C(=O)[O-])=C(CSc3nnnn3C)CO[C@@H]21.[Na+].[Na+].[NaH]. The molecule has 0 bridgehead atoms. The number of nitrogens with zero attached hydrogens (tertiary/aromatic N) is 5. The van der Waals surface area contributed by atoms with Crippen molar-refractivity contribution in [3.05, 3.63) is 41.1 Å². The minimum absolute atomic E-state index is 0. The van der Waals surface area contributed by atoms with Crippen LogP contribution in [0.25, 0.3) is 0 Å². The molecule has 1 fully saturated rings. The van der Waals surface area contributed by atoms with Crippen LogP contribution in [0.4, 0.5) is 0 Å². The first-order valence-corrected chi connectivity index (χ1v) is 11.2. The molecule has 0 aliphatic carbocycles. The molecule has 2 N–H and O–H groups in total. The summed E-state index contributed by atoms with van der Waals surface area (Å²) in [6.07, 6.45) is -1.42. The molecule has 4 rings (SSSR count). The summed E-state index contributed by atoms with van der Waals surface area (Å²) in [6, 6.07) is 4.76. The second-order valence-corrected chi connectivity index (χ2v) is 8.67. The number of tetrazole rings is 1. The van der Waals surface area contributed by atoms with Gasteiger partial charge in [-0.25, -0.2) is 4.68 Å². The van der Waals surface area contributed by atoms with Gasteiger partial charge in [0.2, 0.25) is 11.1 Å². The molecule has 3 heterocycles. The van der Waals surface area contributed by atoms with Gasteiger partial charge in [-0.05, 0) is 33.7 Å². The summed E-state index contributed by atoms with van der Waals surface area (Å²) in [5.74, 6) is -7.58. The number of aromatic hydroxyl groups is 1. The number of fused-ring (bicyclic) bond motifs is 1. The Balaban J connectivity index is 0.00000253. The number of carboxylic acids is 2. The van der Waals surface area contributed by atoms with E-state index in [1.807, 2.05) is 0 Å². The van der Waals surface area contributed by atoms with Crippen LogP contribution in [0.5, 0.6) is 5.75 Å². The third kappa shape index (κ3) is 6.90. The molecule has 0 saturated carbocycles. The number of phenols is 1. The van der Waals surface area contributed by atoms with Crippen molar-refractivity contribution in [2.75, 3.05) is 19.5 Å². The van der Waals surface area contributed by atoms with Crippen molar-refractivity contribution in [2.24, 2.45) is 7.05 Å². The van der Waals surface area contributed by atoms with Crippen molar-refractivity contribution in [2.45, 2.75) is 23.0 Å². The summed E-state index contributed by atoms with van der Waals surface area (Å²) in [6.45, 7) is -0.265. The number of β-lactam (4-membered cyclic amide) rings is 1. The summed E-state index contributed by atoms with van der Waals surface area (Å²) in [4.78, 5) is 50.5. The zero-order chi connectivity index (χ0) is 26.2. The Morgan fingerprint density at radius 3 is 2.44 bits per heavy atom. The first-order valence-electron chi connectivity index (χ1n) is 10.2. The molecule has 19 heteroatoms. The number of carbonyl (C=O) groups excluding carboxylic acids is 4. The van der Waals surface area contributed by atoms with Gasteiger partial charge in [-0.3, -0.25) is 14.5 Å². The maximum absolute atomic E-state index is 13.1. The van der Waals surface area contributed by atoms with Crippen LogP contribution >= 0.6 is 11.8 Å². The summed E-state index contributed by atoms with van der Waals surface area (Å²) in [5, 5.41) is 46.7. The van der Waals surface area contributed by atoms with Crippen molar-refractivity contribution >= 4 is 65.1 Å². The summed E-state index contributed by atoms with van der Waals surface area (Å²) in [7, 11) is 2.67. The van der Waals surface area contributed by atoms with Crippen LogP contribution in [-0.4, -0.2) is 115 Å². The van der Waals surface area contributed by atoms with Crippen molar-refractivity contribution < 1.29 is 103 Å². The number of hydrogen-bond acceptors (Lipinski definition) is 13. The quantitative estimate of drug-likeness (QED) is 0.0917. The van der Waals surface area contributed by atoms with Gasteiger partial charge < -0.3 is 39.7 Å². The van der Waals surface area contributed by atoms with E-state index >= 15 is 0 Å². The number of rotatable bonds is 9. The Hall–Kier alpha value is -1.02. The molecular formula is C20H19N6Na3O9S. The Kier molecular flexibility index (Phi) is 13.6. The average molecular weight is 588 g/mol. The number of aromatic nitrogens is 4. The van der Waals surface area contributed by atoms with Gasteiger partial charge in [-0.1, -0.05) is 23.9 Å². The van der Waals surface area contributed by atoms with Crippen LogP contribution < -0.4 is 74.6 Å². The molecule has 1 unspecified atom stereocenters. The monoisotopic (exact) mass is 588 g/mol. The summed E-state index contributed by atoms with van der Waals surface area (Å²) < 4.78 is 12.3. The number of aryl methyl sites for hydroxylation is 1. The van der Waals surface area contributed by atoms with Gasteiger partial charge in [0.25, 0.3) is 11.6 Å². The third-order valence-electron chi connectivity index (χ3n) is 5.62. The van der Waals surface area contributed by atoms with Gasteiger partial charge in [-0.15, -0.1) is 5.10 Å². The zero-order valence-electron chi connectivity index (χ0n) is 20.7. The third-order valence-corrected chi connectivity index (χ3v) is 6.71.